The molecule has 3 aromatic carbocycles. The minimum absolute atomic E-state index is 0.0653. The van der Waals surface area contributed by atoms with Crippen molar-refractivity contribution in [3.63, 3.8) is 0 Å². The highest BCUT2D eigenvalue weighted by atomic mass is 19.4. The maximum absolute atomic E-state index is 14.7. The summed E-state index contributed by atoms with van der Waals surface area (Å²) in [5.74, 6) is -9.15. The first-order valence-electron chi connectivity index (χ1n) is 14.2. The Balaban J connectivity index is 1.39. The molecule has 0 spiro atoms. The highest BCUT2D eigenvalue weighted by Gasteiger charge is 2.39. The van der Waals surface area contributed by atoms with Gasteiger partial charge in [-0.05, 0) is 72.9 Å². The van der Waals surface area contributed by atoms with Crippen molar-refractivity contribution in [2.45, 2.75) is 76.5 Å². The molecule has 12 heteroatoms. The van der Waals surface area contributed by atoms with Gasteiger partial charge in [-0.15, -0.1) is 0 Å². The molecule has 1 aliphatic rings. The molecular weight excluding hydrogens is 606 g/mol. The Kier molecular flexibility index (Phi) is 10.4. The Labute approximate surface area is 248 Å². The largest absolute Gasteiger partial charge is 0.480 e. The van der Waals surface area contributed by atoms with Crippen LogP contribution in [0, 0.1) is 35.0 Å². The van der Waals surface area contributed by atoms with Crippen LogP contribution in [0.4, 0.5) is 43.9 Å². The maximum atomic E-state index is 14.7. The molecule has 0 aromatic heterocycles. The summed E-state index contributed by atoms with van der Waals surface area (Å²) in [4.78, 5) is 0. The molecule has 0 radical (unpaired) electrons. The van der Waals surface area contributed by atoms with E-state index in [1.54, 1.807) is 6.07 Å². The molecule has 4 rings (SSSR count). The van der Waals surface area contributed by atoms with Crippen LogP contribution in [0.25, 0.3) is 11.1 Å². The molecule has 3 aromatic rings. The average Bonchev–Trinajstić information content (AvgIpc) is 2.91. The Morgan fingerprint density at radius 1 is 0.727 bits per heavy atom. The van der Waals surface area contributed by atoms with Crippen molar-refractivity contribution < 1.29 is 53.4 Å². The molecule has 0 heterocycles. The van der Waals surface area contributed by atoms with Gasteiger partial charge in [0.05, 0.1) is 5.56 Å². The van der Waals surface area contributed by atoms with Gasteiger partial charge in [-0.2, -0.15) is 22.0 Å². The molecular formula is C32H30F10O2. The van der Waals surface area contributed by atoms with Crippen molar-refractivity contribution in [1.82, 2.24) is 0 Å². The van der Waals surface area contributed by atoms with Crippen LogP contribution in [0.1, 0.15) is 75.3 Å². The molecule has 1 aliphatic carbocycles. The lowest BCUT2D eigenvalue weighted by Crippen LogP contribution is -2.32. The first-order chi connectivity index (χ1) is 20.7. The van der Waals surface area contributed by atoms with E-state index in [0.717, 1.165) is 37.7 Å². The normalized spacial score (nSPS) is 17.5. The molecule has 0 bridgehead atoms. The van der Waals surface area contributed by atoms with Gasteiger partial charge in [-0.25, -0.2) is 22.0 Å². The van der Waals surface area contributed by atoms with E-state index in [4.69, 9.17) is 4.74 Å². The van der Waals surface area contributed by atoms with E-state index in [2.05, 4.69) is 11.7 Å². The SMILES string of the molecule is CCCCCC1CCC(c2ccc(OCC(F)(F)Oc3cc(F)c(-c4cc(F)c(C(F)(F)F)c(F)c4)c(F)c3)c(F)c2)CC1. The lowest BCUT2D eigenvalue weighted by atomic mass is 9.77. The van der Waals surface area contributed by atoms with Crippen LogP contribution in [-0.4, -0.2) is 12.7 Å². The van der Waals surface area contributed by atoms with Crippen LogP contribution in [0.5, 0.6) is 11.5 Å². The molecule has 0 amide bonds. The number of hydrogen-bond acceptors (Lipinski definition) is 2. The minimum Gasteiger partial charge on any atom is -0.480 e. The van der Waals surface area contributed by atoms with E-state index in [1.165, 1.54) is 31.4 Å². The molecule has 0 saturated heterocycles. The van der Waals surface area contributed by atoms with E-state index in [9.17, 15) is 43.9 Å². The van der Waals surface area contributed by atoms with Gasteiger partial charge in [-0.3, -0.25) is 0 Å². The Morgan fingerprint density at radius 3 is 1.89 bits per heavy atom. The molecule has 2 nitrogen and oxygen atoms in total. The van der Waals surface area contributed by atoms with E-state index in [0.29, 0.717) is 5.92 Å². The van der Waals surface area contributed by atoms with Gasteiger partial charge in [0, 0.05) is 12.1 Å². The van der Waals surface area contributed by atoms with Crippen LogP contribution in [0.3, 0.4) is 0 Å². The predicted molar refractivity (Wildman–Crippen MR) is 143 cm³/mol. The van der Waals surface area contributed by atoms with Crippen LogP contribution in [0.2, 0.25) is 0 Å². The Morgan fingerprint density at radius 2 is 1.34 bits per heavy atom. The molecule has 0 unspecified atom stereocenters. The van der Waals surface area contributed by atoms with Gasteiger partial charge in [0.2, 0.25) is 0 Å². The summed E-state index contributed by atoms with van der Waals surface area (Å²) in [6, 6.07) is 4.72. The highest BCUT2D eigenvalue weighted by Crippen LogP contribution is 2.40. The van der Waals surface area contributed by atoms with Crippen molar-refractivity contribution in [2.24, 2.45) is 5.92 Å². The number of ether oxygens (including phenoxy) is 2. The topological polar surface area (TPSA) is 18.5 Å². The van der Waals surface area contributed by atoms with E-state index in [-0.39, 0.29) is 30.2 Å². The van der Waals surface area contributed by atoms with Crippen molar-refractivity contribution in [3.05, 3.63) is 82.7 Å². The zero-order chi connectivity index (χ0) is 32.2. The van der Waals surface area contributed by atoms with Crippen LogP contribution < -0.4 is 9.47 Å². The third-order valence-electron chi connectivity index (χ3n) is 7.78. The van der Waals surface area contributed by atoms with Gasteiger partial charge in [-0.1, -0.05) is 38.7 Å². The fourth-order valence-corrected chi connectivity index (χ4v) is 5.59. The standard InChI is InChI=1S/C32H30F10O2/c1-2-3-4-5-18-6-8-19(9-7-18)20-10-11-28(23(33)12-20)43-17-31(38,39)44-22-15-24(34)29(25(35)16-22)21-13-26(36)30(27(37)14-21)32(40,41)42/h10-16,18-19H,2-9,17H2,1H3. The lowest BCUT2D eigenvalue weighted by molar-refractivity contribution is -0.195. The number of benzene rings is 3. The number of halogens is 10. The van der Waals surface area contributed by atoms with Crippen LogP contribution in [-0.2, 0) is 6.18 Å². The monoisotopic (exact) mass is 636 g/mol. The van der Waals surface area contributed by atoms with Crippen molar-refractivity contribution in [2.75, 3.05) is 6.61 Å². The molecule has 0 aliphatic heterocycles. The summed E-state index contributed by atoms with van der Waals surface area (Å²) < 4.78 is 148. The zero-order valence-corrected chi connectivity index (χ0v) is 23.7. The highest BCUT2D eigenvalue weighted by molar-refractivity contribution is 5.66. The maximum Gasteiger partial charge on any atom is 0.433 e. The number of hydrogen-bond donors (Lipinski definition) is 0. The van der Waals surface area contributed by atoms with E-state index < -0.39 is 76.2 Å². The van der Waals surface area contributed by atoms with Gasteiger partial charge >= 0.3 is 12.3 Å². The van der Waals surface area contributed by atoms with Crippen molar-refractivity contribution >= 4 is 0 Å². The molecule has 1 fully saturated rings. The minimum atomic E-state index is -5.41. The first kappa shape index (κ1) is 33.5. The Hall–Kier alpha value is -3.44. The fourth-order valence-electron chi connectivity index (χ4n) is 5.59. The summed E-state index contributed by atoms with van der Waals surface area (Å²) in [6.07, 6.45) is -1.01. The van der Waals surface area contributed by atoms with Crippen LogP contribution in [0.15, 0.2) is 42.5 Å². The number of alkyl halides is 5. The number of unbranched alkanes of at least 4 members (excludes halogenated alkanes) is 2. The summed E-state index contributed by atoms with van der Waals surface area (Å²) in [5.41, 5.74) is -3.63. The number of rotatable bonds is 11. The average molecular weight is 637 g/mol. The quantitative estimate of drug-likeness (QED) is 0.154. The van der Waals surface area contributed by atoms with Crippen molar-refractivity contribution in [1.29, 1.82) is 0 Å². The molecule has 240 valence electrons. The van der Waals surface area contributed by atoms with Gasteiger partial charge in [0.25, 0.3) is 0 Å². The fraction of sp³-hybridized carbons (Fsp3) is 0.438. The predicted octanol–water partition coefficient (Wildman–Crippen LogP) is 11.0. The second-order valence-electron chi connectivity index (χ2n) is 11.0. The zero-order valence-electron chi connectivity index (χ0n) is 23.7. The molecule has 44 heavy (non-hydrogen) atoms. The lowest BCUT2D eigenvalue weighted by Gasteiger charge is -2.29. The van der Waals surface area contributed by atoms with Crippen molar-refractivity contribution in [3.8, 4) is 22.6 Å². The second-order valence-corrected chi connectivity index (χ2v) is 11.0. The molecule has 1 saturated carbocycles. The second kappa shape index (κ2) is 13.7. The van der Waals surface area contributed by atoms with Gasteiger partial charge in [0.15, 0.2) is 18.2 Å². The van der Waals surface area contributed by atoms with Gasteiger partial charge in [0.1, 0.15) is 34.6 Å². The summed E-state index contributed by atoms with van der Waals surface area (Å²) in [6.45, 7) is 0.618. The van der Waals surface area contributed by atoms with Crippen LogP contribution >= 0.6 is 0 Å². The third kappa shape index (κ3) is 8.18. The van der Waals surface area contributed by atoms with E-state index in [1.807, 2.05) is 0 Å². The molecule has 0 atom stereocenters. The summed E-state index contributed by atoms with van der Waals surface area (Å²) in [5, 5.41) is 0. The van der Waals surface area contributed by atoms with Gasteiger partial charge < -0.3 is 9.47 Å². The van der Waals surface area contributed by atoms with E-state index >= 15 is 0 Å². The Bertz CT molecular complexity index is 1400. The smallest absolute Gasteiger partial charge is 0.433 e. The summed E-state index contributed by atoms with van der Waals surface area (Å²) in [7, 11) is 0. The molecule has 0 N–H and O–H groups in total. The summed E-state index contributed by atoms with van der Waals surface area (Å²) >= 11 is 0. The first-order valence-corrected chi connectivity index (χ1v) is 14.2. The third-order valence-corrected chi connectivity index (χ3v) is 7.78.